The Labute approximate surface area is 79.7 Å². The van der Waals surface area contributed by atoms with Crippen LogP contribution in [-0.4, -0.2) is 32.9 Å². The summed E-state index contributed by atoms with van der Waals surface area (Å²) in [5.74, 6) is -4.95. The lowest BCUT2D eigenvalue weighted by Crippen LogP contribution is -2.42. The number of aliphatic carboxylic acids is 2. The molecule has 76 valence electrons. The van der Waals surface area contributed by atoms with E-state index in [4.69, 9.17) is 10.2 Å². The highest BCUT2D eigenvalue weighted by molar-refractivity contribution is 5.83. The number of allylic oxidation sites excluding steroid dienone is 1. The first-order chi connectivity index (χ1) is 6.46. The quantitative estimate of drug-likeness (QED) is 0.530. The number of carbonyl (C=O) groups is 2. The zero-order valence-corrected chi connectivity index (χ0v) is 7.25. The highest BCUT2D eigenvalue weighted by Crippen LogP contribution is 2.50. The van der Waals surface area contributed by atoms with Crippen LogP contribution >= 0.6 is 0 Å². The van der Waals surface area contributed by atoms with Crippen LogP contribution in [0.25, 0.3) is 0 Å². The second-order valence-corrected chi connectivity index (χ2v) is 3.90. The summed E-state index contributed by atoms with van der Waals surface area (Å²) < 4.78 is 0. The molecule has 2 aliphatic carbocycles. The smallest absolute Gasteiger partial charge is 0.310 e. The molecule has 2 rings (SSSR count). The van der Waals surface area contributed by atoms with Crippen LogP contribution in [0.15, 0.2) is 12.2 Å². The average molecular weight is 198 g/mol. The molecule has 4 unspecified atom stereocenters. The zero-order valence-electron chi connectivity index (χ0n) is 7.25. The van der Waals surface area contributed by atoms with Gasteiger partial charge in [-0.2, -0.15) is 0 Å². The van der Waals surface area contributed by atoms with E-state index < -0.39 is 29.4 Å². The molecule has 1 saturated carbocycles. The van der Waals surface area contributed by atoms with Crippen molar-refractivity contribution in [1.82, 2.24) is 0 Å². The van der Waals surface area contributed by atoms with Gasteiger partial charge in [0, 0.05) is 0 Å². The van der Waals surface area contributed by atoms with Crippen molar-refractivity contribution in [3.8, 4) is 0 Å². The van der Waals surface area contributed by atoms with E-state index in [-0.39, 0.29) is 12.3 Å². The van der Waals surface area contributed by atoms with Gasteiger partial charge in [0.2, 0.25) is 0 Å². The standard InChI is InChI=1S/C9H10O5/c10-7(11)5-4-1-2-9(14,3-4)6(5)8(12)13/h1-2,4-6,14H,3H2,(H,10,11)(H,12,13). The predicted molar refractivity (Wildman–Crippen MR) is 44.4 cm³/mol. The lowest BCUT2D eigenvalue weighted by molar-refractivity contribution is -0.158. The molecule has 5 heteroatoms. The summed E-state index contributed by atoms with van der Waals surface area (Å²) in [4.78, 5) is 21.7. The van der Waals surface area contributed by atoms with Crippen molar-refractivity contribution in [2.24, 2.45) is 17.8 Å². The number of fused-ring (bicyclic) bond motifs is 2. The Hall–Kier alpha value is -1.36. The lowest BCUT2D eigenvalue weighted by atomic mass is 9.81. The first-order valence-corrected chi connectivity index (χ1v) is 4.33. The maximum Gasteiger partial charge on any atom is 0.310 e. The Morgan fingerprint density at radius 1 is 1.29 bits per heavy atom. The molecular formula is C9H10O5. The van der Waals surface area contributed by atoms with Gasteiger partial charge in [0.25, 0.3) is 0 Å². The monoisotopic (exact) mass is 198 g/mol. The number of hydrogen-bond donors (Lipinski definition) is 3. The SMILES string of the molecule is O=C(O)C1C2C=CC(O)(C2)C1C(=O)O. The van der Waals surface area contributed by atoms with Crippen molar-refractivity contribution in [1.29, 1.82) is 0 Å². The van der Waals surface area contributed by atoms with Crippen molar-refractivity contribution in [3.05, 3.63) is 12.2 Å². The number of carboxylic acid groups (broad SMARTS) is 2. The highest BCUT2D eigenvalue weighted by Gasteiger charge is 2.60. The Bertz CT molecular complexity index is 334. The molecule has 0 saturated heterocycles. The third-order valence-electron chi connectivity index (χ3n) is 3.10. The molecule has 0 aliphatic heterocycles. The molecule has 0 aromatic rings. The molecule has 0 radical (unpaired) electrons. The van der Waals surface area contributed by atoms with Crippen molar-refractivity contribution in [2.45, 2.75) is 12.0 Å². The highest BCUT2D eigenvalue weighted by atomic mass is 16.4. The summed E-state index contributed by atoms with van der Waals surface area (Å²) >= 11 is 0. The fourth-order valence-electron chi connectivity index (χ4n) is 2.53. The minimum atomic E-state index is -1.46. The minimum Gasteiger partial charge on any atom is -0.481 e. The average Bonchev–Trinajstić information content (AvgIpc) is 2.55. The first kappa shape index (κ1) is 9.21. The summed E-state index contributed by atoms with van der Waals surface area (Å²) in [7, 11) is 0. The molecule has 2 aliphatic rings. The molecular weight excluding hydrogens is 188 g/mol. The maximum absolute atomic E-state index is 10.9. The van der Waals surface area contributed by atoms with Crippen LogP contribution < -0.4 is 0 Å². The van der Waals surface area contributed by atoms with E-state index in [2.05, 4.69) is 0 Å². The zero-order chi connectivity index (χ0) is 10.5. The van der Waals surface area contributed by atoms with Crippen molar-refractivity contribution >= 4 is 11.9 Å². The van der Waals surface area contributed by atoms with Gasteiger partial charge >= 0.3 is 11.9 Å². The van der Waals surface area contributed by atoms with Crippen LogP contribution in [0.1, 0.15) is 6.42 Å². The van der Waals surface area contributed by atoms with E-state index in [9.17, 15) is 14.7 Å². The second kappa shape index (κ2) is 2.57. The Morgan fingerprint density at radius 3 is 2.36 bits per heavy atom. The fraction of sp³-hybridized carbons (Fsp3) is 0.556. The molecule has 0 aromatic carbocycles. The topological polar surface area (TPSA) is 94.8 Å². The molecule has 0 spiro atoms. The fourth-order valence-corrected chi connectivity index (χ4v) is 2.53. The molecule has 2 bridgehead atoms. The lowest BCUT2D eigenvalue weighted by Gasteiger charge is -2.26. The van der Waals surface area contributed by atoms with E-state index in [0.717, 1.165) is 0 Å². The van der Waals surface area contributed by atoms with Crippen LogP contribution in [0.5, 0.6) is 0 Å². The molecule has 4 atom stereocenters. The van der Waals surface area contributed by atoms with Crippen LogP contribution in [-0.2, 0) is 9.59 Å². The third-order valence-corrected chi connectivity index (χ3v) is 3.10. The number of hydrogen-bond acceptors (Lipinski definition) is 3. The molecule has 14 heavy (non-hydrogen) atoms. The van der Waals surface area contributed by atoms with E-state index in [1.54, 1.807) is 6.08 Å². The van der Waals surface area contributed by atoms with Gasteiger partial charge in [-0.3, -0.25) is 9.59 Å². The van der Waals surface area contributed by atoms with E-state index >= 15 is 0 Å². The van der Waals surface area contributed by atoms with Crippen molar-refractivity contribution < 1.29 is 24.9 Å². The van der Waals surface area contributed by atoms with Gasteiger partial charge in [-0.15, -0.1) is 0 Å². The van der Waals surface area contributed by atoms with Crippen LogP contribution in [0.2, 0.25) is 0 Å². The molecule has 0 heterocycles. The van der Waals surface area contributed by atoms with Gasteiger partial charge in [0.05, 0.1) is 11.5 Å². The number of rotatable bonds is 2. The third kappa shape index (κ3) is 0.988. The minimum absolute atomic E-state index is 0.209. The van der Waals surface area contributed by atoms with Crippen molar-refractivity contribution in [3.63, 3.8) is 0 Å². The number of carboxylic acids is 2. The van der Waals surface area contributed by atoms with Gasteiger partial charge in [-0.25, -0.2) is 0 Å². The van der Waals surface area contributed by atoms with Gasteiger partial charge in [0.15, 0.2) is 0 Å². The second-order valence-electron chi connectivity index (χ2n) is 3.90. The van der Waals surface area contributed by atoms with E-state index in [1.807, 2.05) is 0 Å². The van der Waals surface area contributed by atoms with E-state index in [0.29, 0.717) is 0 Å². The van der Waals surface area contributed by atoms with Crippen molar-refractivity contribution in [2.75, 3.05) is 0 Å². The summed E-state index contributed by atoms with van der Waals surface area (Å²) in [6.07, 6.45) is 3.22. The molecule has 0 amide bonds. The van der Waals surface area contributed by atoms with Crippen LogP contribution in [0.3, 0.4) is 0 Å². The van der Waals surface area contributed by atoms with Crippen LogP contribution in [0.4, 0.5) is 0 Å². The summed E-state index contributed by atoms with van der Waals surface area (Å²) in [5, 5.41) is 27.6. The normalized spacial score (nSPS) is 44.2. The molecule has 5 nitrogen and oxygen atoms in total. The van der Waals surface area contributed by atoms with Gasteiger partial charge < -0.3 is 15.3 Å². The largest absolute Gasteiger partial charge is 0.481 e. The maximum atomic E-state index is 10.9. The van der Waals surface area contributed by atoms with E-state index in [1.165, 1.54) is 6.08 Å². The van der Waals surface area contributed by atoms with Gasteiger partial charge in [-0.1, -0.05) is 12.2 Å². The Morgan fingerprint density at radius 2 is 1.93 bits per heavy atom. The Balaban J connectivity index is 2.41. The molecule has 3 N–H and O–H groups in total. The van der Waals surface area contributed by atoms with Gasteiger partial charge in [0.1, 0.15) is 5.92 Å². The first-order valence-electron chi connectivity index (χ1n) is 4.33. The van der Waals surface area contributed by atoms with Gasteiger partial charge in [-0.05, 0) is 12.3 Å². The Kier molecular flexibility index (Phi) is 1.69. The van der Waals surface area contributed by atoms with Crippen LogP contribution in [0, 0.1) is 17.8 Å². The number of aliphatic hydroxyl groups is 1. The summed E-state index contributed by atoms with van der Waals surface area (Å²) in [5.41, 5.74) is -1.46. The summed E-state index contributed by atoms with van der Waals surface area (Å²) in [6.45, 7) is 0. The predicted octanol–water partition coefficient (Wildman–Crippen LogP) is -0.291. The molecule has 0 aromatic heterocycles. The molecule has 1 fully saturated rings. The summed E-state index contributed by atoms with van der Waals surface area (Å²) in [6, 6.07) is 0.